The fourth-order valence-corrected chi connectivity index (χ4v) is 11.0. The third kappa shape index (κ3) is 8.35. The standard InChI is InChI=1S/C51H61N11O6/c1-8-44(64)56-38-23-34(9-10-40(38)60-18-17-58(27-31(60)3)35-13-16-59(30(2)21-35)41-12-15-53-48-45(41)67-29-32(4)68-48)55-46-49(66-7)54-26-39(57-46)36-11-14-52-47(37(36)28-63)62-20-19-61-42(50(62)65)22-33-24-51(5,6)25-43(33)61/h8-12,14-15,22-23,26,30-32,35,63H,1,13,16-21,24-25,27-29H2,2-7H3,(H,55,57)(H,56,64)/t30-,31-,32+,35?/m0/s1. The van der Waals surface area contributed by atoms with Crippen molar-refractivity contribution >= 4 is 46.2 Å². The van der Waals surface area contributed by atoms with E-state index in [0.29, 0.717) is 83.2 Å². The maximum atomic E-state index is 14.1. The van der Waals surface area contributed by atoms with Gasteiger partial charge in [-0.2, -0.15) is 0 Å². The predicted molar refractivity (Wildman–Crippen MR) is 262 cm³/mol. The van der Waals surface area contributed by atoms with Gasteiger partial charge in [0, 0.05) is 92.3 Å². The summed E-state index contributed by atoms with van der Waals surface area (Å²) in [4.78, 5) is 54.7. The van der Waals surface area contributed by atoms with Crippen molar-refractivity contribution in [3.8, 4) is 28.8 Å². The zero-order chi connectivity index (χ0) is 47.4. The first-order valence-electron chi connectivity index (χ1n) is 23.8. The van der Waals surface area contributed by atoms with Gasteiger partial charge in [0.25, 0.3) is 17.7 Å². The molecule has 356 valence electrons. The number of nitrogens with one attached hydrogen (secondary N) is 2. The van der Waals surface area contributed by atoms with Crippen LogP contribution < -0.4 is 39.5 Å². The lowest BCUT2D eigenvalue weighted by molar-refractivity contribution is -0.111. The van der Waals surface area contributed by atoms with E-state index in [2.05, 4.69) is 79.1 Å². The first kappa shape index (κ1) is 45.1. The number of piperazine rings is 1. The van der Waals surface area contributed by atoms with Crippen LogP contribution in [-0.4, -0.2) is 117 Å². The molecular formula is C51H61N11O6. The Morgan fingerprint density at radius 2 is 1.81 bits per heavy atom. The molecule has 0 bridgehead atoms. The van der Waals surface area contributed by atoms with Crippen LogP contribution in [0, 0.1) is 5.41 Å². The van der Waals surface area contributed by atoms with Crippen molar-refractivity contribution in [2.24, 2.45) is 5.41 Å². The summed E-state index contributed by atoms with van der Waals surface area (Å²) < 4.78 is 19.9. The van der Waals surface area contributed by atoms with E-state index in [4.69, 9.17) is 19.2 Å². The summed E-state index contributed by atoms with van der Waals surface area (Å²) in [7, 11) is 1.52. The molecule has 2 amide bonds. The van der Waals surface area contributed by atoms with Crippen molar-refractivity contribution in [2.45, 2.75) is 97.7 Å². The van der Waals surface area contributed by atoms with Crippen molar-refractivity contribution in [3.63, 3.8) is 0 Å². The smallest absolute Gasteiger partial charge is 0.276 e. The zero-order valence-corrected chi connectivity index (χ0v) is 39.8. The van der Waals surface area contributed by atoms with Crippen molar-refractivity contribution in [2.75, 3.05) is 71.8 Å². The van der Waals surface area contributed by atoms with Crippen LogP contribution >= 0.6 is 0 Å². The van der Waals surface area contributed by atoms with E-state index in [0.717, 1.165) is 69.0 Å². The summed E-state index contributed by atoms with van der Waals surface area (Å²) in [5.74, 6) is 1.81. The Morgan fingerprint density at radius 3 is 2.59 bits per heavy atom. The van der Waals surface area contributed by atoms with E-state index in [1.54, 1.807) is 23.4 Å². The van der Waals surface area contributed by atoms with Gasteiger partial charge in [-0.25, -0.2) is 19.9 Å². The summed E-state index contributed by atoms with van der Waals surface area (Å²) in [5.41, 5.74) is 8.02. The molecule has 2 saturated heterocycles. The Kier molecular flexibility index (Phi) is 12.0. The SMILES string of the molecule is C=CC(=O)Nc1cc(Nc2nc(-c3ccnc(N4CCn5c(cc6c5CC(C)(C)C6)C4=O)c3CO)cnc2OC)ccc1N1CCN(C2CCN(c3ccnc4c3OC[C@@H](C)O4)[C@@H](C)C2)C[C@@H]1C. The lowest BCUT2D eigenvalue weighted by Crippen LogP contribution is -2.58. The van der Waals surface area contributed by atoms with Gasteiger partial charge in [-0.05, 0) is 99.9 Å². The van der Waals surface area contributed by atoms with Gasteiger partial charge in [-0.15, -0.1) is 0 Å². The molecule has 68 heavy (non-hydrogen) atoms. The highest BCUT2D eigenvalue weighted by Crippen LogP contribution is 2.43. The Morgan fingerprint density at radius 1 is 0.985 bits per heavy atom. The molecule has 5 aromatic rings. The molecule has 5 aliphatic rings. The number of methoxy groups -OCH3 is 1. The van der Waals surface area contributed by atoms with Gasteiger partial charge in [-0.1, -0.05) is 20.4 Å². The van der Waals surface area contributed by atoms with Crippen LogP contribution in [0.25, 0.3) is 11.3 Å². The molecule has 1 aliphatic carbocycles. The molecule has 3 N–H and O–H groups in total. The Balaban J connectivity index is 0.855. The minimum atomic E-state index is -0.372. The number of pyridine rings is 2. The number of fused-ring (bicyclic) bond motifs is 4. The number of rotatable bonds is 11. The average Bonchev–Trinajstić information content (AvgIpc) is 3.83. The molecule has 1 aromatic carbocycles. The normalized spacial score (nSPS) is 22.1. The van der Waals surface area contributed by atoms with Gasteiger partial charge in [0.15, 0.2) is 5.82 Å². The second kappa shape index (κ2) is 18.1. The second-order valence-corrected chi connectivity index (χ2v) is 19.6. The van der Waals surface area contributed by atoms with E-state index in [1.165, 1.54) is 24.4 Å². The third-order valence-electron chi connectivity index (χ3n) is 14.3. The number of anilines is 6. The number of piperidine rings is 1. The van der Waals surface area contributed by atoms with E-state index in [1.807, 2.05) is 43.5 Å². The Hall–Kier alpha value is -6.72. The zero-order valence-electron chi connectivity index (χ0n) is 39.8. The number of hydrogen-bond acceptors (Lipinski definition) is 14. The van der Waals surface area contributed by atoms with Crippen LogP contribution in [0.15, 0.2) is 67.6 Å². The van der Waals surface area contributed by atoms with E-state index >= 15 is 0 Å². The van der Waals surface area contributed by atoms with Gasteiger partial charge >= 0.3 is 0 Å². The Labute approximate surface area is 397 Å². The number of ether oxygens (including phenoxy) is 3. The summed E-state index contributed by atoms with van der Waals surface area (Å²) in [6.45, 7) is 19.4. The molecule has 8 heterocycles. The number of aliphatic hydroxyl groups excluding tert-OH is 1. The molecule has 2 fully saturated rings. The van der Waals surface area contributed by atoms with Crippen LogP contribution in [0.3, 0.4) is 0 Å². The molecule has 4 atom stereocenters. The minimum absolute atomic E-state index is 0.0272. The summed E-state index contributed by atoms with van der Waals surface area (Å²) >= 11 is 0. The fraction of sp³-hybridized carbons (Fsp3) is 0.451. The molecule has 0 radical (unpaired) electrons. The molecule has 4 aliphatic heterocycles. The second-order valence-electron chi connectivity index (χ2n) is 19.6. The number of carbonyl (C=O) groups excluding carboxylic acids is 2. The van der Waals surface area contributed by atoms with Crippen LogP contribution in [0.2, 0.25) is 0 Å². The predicted octanol–water partition coefficient (Wildman–Crippen LogP) is 6.62. The van der Waals surface area contributed by atoms with E-state index in [9.17, 15) is 14.7 Å². The van der Waals surface area contributed by atoms with Gasteiger partial charge < -0.3 is 44.3 Å². The molecular weight excluding hydrogens is 863 g/mol. The third-order valence-corrected chi connectivity index (χ3v) is 14.3. The summed E-state index contributed by atoms with van der Waals surface area (Å²) in [5, 5.41) is 17.3. The van der Waals surface area contributed by atoms with Crippen LogP contribution in [0.5, 0.6) is 17.5 Å². The molecule has 17 heteroatoms. The first-order valence-corrected chi connectivity index (χ1v) is 23.8. The van der Waals surface area contributed by atoms with Crippen molar-refractivity contribution in [1.29, 1.82) is 0 Å². The Bertz CT molecular complexity index is 2770. The first-order chi connectivity index (χ1) is 32.8. The largest absolute Gasteiger partial charge is 0.482 e. The molecule has 10 rings (SSSR count). The average molecular weight is 924 g/mol. The van der Waals surface area contributed by atoms with Gasteiger partial charge in [-0.3, -0.25) is 19.4 Å². The monoisotopic (exact) mass is 923 g/mol. The van der Waals surface area contributed by atoms with E-state index < -0.39 is 0 Å². The molecule has 4 aromatic heterocycles. The number of aromatic nitrogens is 5. The summed E-state index contributed by atoms with van der Waals surface area (Å²) in [6, 6.07) is 12.6. The van der Waals surface area contributed by atoms with Crippen LogP contribution in [0.1, 0.15) is 74.8 Å². The highest BCUT2D eigenvalue weighted by molar-refractivity contribution is 6.06. The molecule has 0 saturated carbocycles. The molecule has 1 unspecified atom stereocenters. The fourth-order valence-electron chi connectivity index (χ4n) is 11.0. The minimum Gasteiger partial charge on any atom is -0.482 e. The number of aliphatic hydroxyl groups is 1. The van der Waals surface area contributed by atoms with E-state index in [-0.39, 0.29) is 41.9 Å². The number of hydrogen-bond donors (Lipinski definition) is 3. The quantitative estimate of drug-likeness (QED) is 0.121. The van der Waals surface area contributed by atoms with Crippen molar-refractivity contribution in [1.82, 2.24) is 29.4 Å². The van der Waals surface area contributed by atoms with Crippen molar-refractivity contribution < 1.29 is 28.9 Å². The highest BCUT2D eigenvalue weighted by atomic mass is 16.6. The number of benzene rings is 1. The van der Waals surface area contributed by atoms with Gasteiger partial charge in [0.2, 0.25) is 11.7 Å². The van der Waals surface area contributed by atoms with Gasteiger partial charge in [0.05, 0.1) is 42.7 Å². The van der Waals surface area contributed by atoms with Crippen LogP contribution in [0.4, 0.5) is 34.4 Å². The van der Waals surface area contributed by atoms with Gasteiger partial charge in [0.1, 0.15) is 24.2 Å². The number of nitrogens with zero attached hydrogens (tertiary/aromatic N) is 9. The summed E-state index contributed by atoms with van der Waals surface area (Å²) in [6.07, 6.45) is 10.2. The van der Waals surface area contributed by atoms with Crippen molar-refractivity contribution in [3.05, 3.63) is 90.2 Å². The van der Waals surface area contributed by atoms with Crippen LogP contribution in [-0.2, 0) is 30.8 Å². The maximum Gasteiger partial charge on any atom is 0.276 e. The highest BCUT2D eigenvalue weighted by Gasteiger charge is 2.39. The topological polar surface area (TPSA) is 176 Å². The molecule has 17 nitrogen and oxygen atoms in total. The lowest BCUT2D eigenvalue weighted by Gasteiger charge is -2.48. The lowest BCUT2D eigenvalue weighted by atomic mass is 9.90. The maximum absolute atomic E-state index is 14.1. The molecule has 0 spiro atoms. The number of carbonyl (C=O) groups is 2. The number of amides is 2.